The summed E-state index contributed by atoms with van der Waals surface area (Å²) in [6.07, 6.45) is 0. The van der Waals surface area contributed by atoms with Gasteiger partial charge in [-0.2, -0.15) is 0 Å². The highest BCUT2D eigenvalue weighted by Crippen LogP contribution is 2.44. The van der Waals surface area contributed by atoms with Crippen LogP contribution >= 0.6 is 15.9 Å². The first-order chi connectivity index (χ1) is 24.4. The first-order valence-corrected chi connectivity index (χ1v) is 11.0. The van der Waals surface area contributed by atoms with E-state index in [-0.39, 0.29) is 69.9 Å². The van der Waals surface area contributed by atoms with Crippen LogP contribution in [0.5, 0.6) is 0 Å². The molecule has 2 aromatic heterocycles. The molecular weight excluding hydrogens is 496 g/mol. The maximum Gasteiger partial charge on any atom is 0.136 e. The molecular formula is C32H17BrO2. The fourth-order valence-corrected chi connectivity index (χ4v) is 5.04. The van der Waals surface area contributed by atoms with Crippen molar-refractivity contribution in [3.05, 3.63) is 107 Å². The van der Waals surface area contributed by atoms with Crippen molar-refractivity contribution in [3.63, 3.8) is 0 Å². The van der Waals surface area contributed by atoms with Gasteiger partial charge in [-0.05, 0) is 78.8 Å². The van der Waals surface area contributed by atoms with Crippen molar-refractivity contribution in [3.8, 4) is 11.1 Å². The van der Waals surface area contributed by atoms with Gasteiger partial charge < -0.3 is 8.83 Å². The second-order valence-electron chi connectivity index (χ2n) is 7.71. The molecule has 6 aromatic carbocycles. The average Bonchev–Trinajstić information content (AvgIpc) is 3.71. The standard InChI is InChI=1S/C32H17BrO2/c33-32-21-9-3-1-7-19(21)29(20-8-2-4-10-22(20)32)18-13-14-24-28(17-18)35-27-16-15-26-30(31(24)27)23-11-5-6-12-25(23)34-26/h1-17H/i1D,2D,3D,4D,5D,6D,7D,8D,9D,10D,11D,12D,13D,14D,15D,16D,17D. The van der Waals surface area contributed by atoms with Gasteiger partial charge in [-0.1, -0.05) is 72.5 Å². The van der Waals surface area contributed by atoms with Gasteiger partial charge in [-0.25, -0.2) is 0 Å². The number of halogens is 1. The van der Waals surface area contributed by atoms with Crippen LogP contribution < -0.4 is 0 Å². The van der Waals surface area contributed by atoms with Crippen molar-refractivity contribution < 1.29 is 32.1 Å². The van der Waals surface area contributed by atoms with Crippen LogP contribution in [0.1, 0.15) is 23.3 Å². The second-order valence-corrected chi connectivity index (χ2v) is 8.50. The largest absolute Gasteiger partial charge is 0.456 e. The third-order valence-electron chi connectivity index (χ3n) is 5.90. The Morgan fingerprint density at radius 3 is 1.66 bits per heavy atom. The summed E-state index contributed by atoms with van der Waals surface area (Å²) >= 11 is 3.32. The molecule has 0 atom stereocenters. The van der Waals surface area contributed by atoms with E-state index in [1.807, 2.05) is 0 Å². The summed E-state index contributed by atoms with van der Waals surface area (Å²) in [4.78, 5) is 0. The lowest BCUT2D eigenvalue weighted by Gasteiger charge is -2.14. The first-order valence-electron chi connectivity index (χ1n) is 18.8. The van der Waals surface area contributed by atoms with Crippen molar-refractivity contribution in [1.29, 1.82) is 0 Å². The molecule has 8 rings (SSSR count). The number of furan rings is 2. The van der Waals surface area contributed by atoms with Crippen LogP contribution in [0.3, 0.4) is 0 Å². The Labute approximate surface area is 232 Å². The molecule has 0 unspecified atom stereocenters. The minimum Gasteiger partial charge on any atom is -0.456 e. The SMILES string of the molecule is [2H]c1c([2H])c([2H])c2c(oc3c([2H])c([2H])c4oc5c([2H])c(-c6c7c([2H])c([2H])c([2H])c([2H])c7c(Br)c7c([2H])c([2H])c([2H])c([2H])c67)c([2H])c([2H])c5c4c32)c1[2H]. The van der Waals surface area contributed by atoms with Crippen molar-refractivity contribution >= 4 is 81.4 Å². The van der Waals surface area contributed by atoms with Crippen LogP contribution in [-0.4, -0.2) is 0 Å². The minimum absolute atomic E-state index is 0.0881. The van der Waals surface area contributed by atoms with E-state index in [1.165, 1.54) is 0 Å². The molecule has 0 amide bonds. The zero-order chi connectivity index (χ0) is 37.9. The zero-order valence-electron chi connectivity index (χ0n) is 34.2. The molecule has 0 bridgehead atoms. The average molecular weight is 530 g/mol. The summed E-state index contributed by atoms with van der Waals surface area (Å²) < 4.78 is 159. The Kier molecular flexibility index (Phi) is 1.83. The van der Waals surface area contributed by atoms with Crippen LogP contribution in [0, 0.1) is 0 Å². The molecule has 164 valence electrons. The molecule has 0 saturated carbocycles. The number of rotatable bonds is 1. The molecule has 0 aliphatic rings. The van der Waals surface area contributed by atoms with Gasteiger partial charge in [0.05, 0.1) is 23.3 Å². The highest BCUT2D eigenvalue weighted by atomic mass is 79.9. The lowest BCUT2D eigenvalue weighted by Crippen LogP contribution is -1.87. The predicted molar refractivity (Wildman–Crippen MR) is 149 cm³/mol. The molecule has 0 radical (unpaired) electrons. The fourth-order valence-electron chi connectivity index (χ4n) is 4.45. The quantitative estimate of drug-likeness (QED) is 0.197. The summed E-state index contributed by atoms with van der Waals surface area (Å²) in [5.74, 6) is 0. The van der Waals surface area contributed by atoms with E-state index in [1.54, 1.807) is 0 Å². The highest BCUT2D eigenvalue weighted by Gasteiger charge is 2.18. The molecule has 3 heteroatoms. The Hall–Kier alpha value is -4.08. The van der Waals surface area contributed by atoms with E-state index in [9.17, 15) is 4.11 Å². The zero-order valence-corrected chi connectivity index (χ0v) is 18.8. The van der Waals surface area contributed by atoms with Crippen molar-refractivity contribution in [2.45, 2.75) is 0 Å². The first kappa shape index (κ1) is 9.18. The summed E-state index contributed by atoms with van der Waals surface area (Å²) in [5, 5.41) is -1.70. The number of fused-ring (bicyclic) bond motifs is 9. The lowest BCUT2D eigenvalue weighted by molar-refractivity contribution is 0.663. The maximum absolute atomic E-state index is 9.44. The fraction of sp³-hybridized carbons (Fsp3) is 0. The molecule has 0 fully saturated rings. The van der Waals surface area contributed by atoms with Gasteiger partial charge in [-0.15, -0.1) is 0 Å². The molecule has 35 heavy (non-hydrogen) atoms. The number of hydrogen-bond acceptors (Lipinski definition) is 2. The van der Waals surface area contributed by atoms with Gasteiger partial charge in [0.2, 0.25) is 0 Å². The summed E-state index contributed by atoms with van der Waals surface area (Å²) in [5.41, 5.74) is -2.30. The van der Waals surface area contributed by atoms with Crippen LogP contribution in [0.2, 0.25) is 0 Å². The molecule has 2 nitrogen and oxygen atoms in total. The number of benzene rings is 6. The van der Waals surface area contributed by atoms with Crippen molar-refractivity contribution in [1.82, 2.24) is 0 Å². The van der Waals surface area contributed by atoms with Gasteiger partial charge in [0.25, 0.3) is 0 Å². The smallest absolute Gasteiger partial charge is 0.136 e. The lowest BCUT2D eigenvalue weighted by atomic mass is 9.91. The Balaban J connectivity index is 1.68. The van der Waals surface area contributed by atoms with Crippen LogP contribution in [0.15, 0.2) is 116 Å². The summed E-state index contributed by atoms with van der Waals surface area (Å²) in [6, 6.07) is -10.7. The molecule has 0 aliphatic carbocycles. The Bertz CT molecular complexity index is 2980. The Morgan fingerprint density at radius 1 is 0.486 bits per heavy atom. The summed E-state index contributed by atoms with van der Waals surface area (Å²) in [7, 11) is 0. The Morgan fingerprint density at radius 2 is 1.00 bits per heavy atom. The molecule has 0 spiro atoms. The van der Waals surface area contributed by atoms with E-state index in [0.717, 1.165) is 0 Å². The maximum atomic E-state index is 9.44. The van der Waals surface area contributed by atoms with E-state index in [0.29, 0.717) is 0 Å². The third-order valence-corrected chi connectivity index (χ3v) is 6.69. The van der Waals surface area contributed by atoms with E-state index < -0.39 is 114 Å². The number of hydrogen-bond donors (Lipinski definition) is 0. The molecule has 8 aromatic rings. The van der Waals surface area contributed by atoms with E-state index in [4.69, 9.17) is 28.0 Å². The molecule has 0 N–H and O–H groups in total. The third kappa shape index (κ3) is 2.59. The van der Waals surface area contributed by atoms with Gasteiger partial charge >= 0.3 is 0 Å². The van der Waals surface area contributed by atoms with Gasteiger partial charge in [0, 0.05) is 26.0 Å². The highest BCUT2D eigenvalue weighted by molar-refractivity contribution is 9.10. The monoisotopic (exact) mass is 529 g/mol. The predicted octanol–water partition coefficient (Wildman–Crippen LogP) is 10.2. The summed E-state index contributed by atoms with van der Waals surface area (Å²) in [6.45, 7) is 0. The van der Waals surface area contributed by atoms with Crippen molar-refractivity contribution in [2.24, 2.45) is 0 Å². The molecule has 2 heterocycles. The van der Waals surface area contributed by atoms with Crippen LogP contribution in [0.25, 0.3) is 76.5 Å². The van der Waals surface area contributed by atoms with E-state index in [2.05, 4.69) is 15.9 Å². The van der Waals surface area contributed by atoms with Crippen LogP contribution in [0.4, 0.5) is 0 Å². The molecule has 0 aliphatic heterocycles. The topological polar surface area (TPSA) is 26.3 Å². The van der Waals surface area contributed by atoms with Crippen molar-refractivity contribution in [2.75, 3.05) is 0 Å². The normalized spacial score (nSPS) is 18.9. The van der Waals surface area contributed by atoms with Gasteiger partial charge in [-0.3, -0.25) is 0 Å². The minimum atomic E-state index is -0.728. The van der Waals surface area contributed by atoms with E-state index >= 15 is 0 Å². The number of para-hydroxylation sites is 1. The van der Waals surface area contributed by atoms with Gasteiger partial charge in [0.1, 0.15) is 22.3 Å². The molecule has 0 saturated heterocycles. The van der Waals surface area contributed by atoms with Crippen LogP contribution in [-0.2, 0) is 0 Å². The second kappa shape index (κ2) is 6.97. The van der Waals surface area contributed by atoms with Gasteiger partial charge in [0.15, 0.2) is 0 Å².